The van der Waals surface area contributed by atoms with Crippen LogP contribution >= 0.6 is 0 Å². The molecular weight excluding hydrogens is 294 g/mol. The van der Waals surface area contributed by atoms with E-state index in [9.17, 15) is 15.0 Å². The van der Waals surface area contributed by atoms with Crippen LogP contribution in [0.5, 0.6) is 11.6 Å². The van der Waals surface area contributed by atoms with Crippen LogP contribution in [0, 0.1) is 0 Å². The van der Waals surface area contributed by atoms with E-state index in [-0.39, 0.29) is 17.3 Å². The van der Waals surface area contributed by atoms with Gasteiger partial charge >= 0.3 is 0 Å². The highest BCUT2D eigenvalue weighted by molar-refractivity contribution is 5.97. The number of fused-ring (bicyclic) bond motifs is 1. The van der Waals surface area contributed by atoms with Gasteiger partial charge in [-0.25, -0.2) is 0 Å². The van der Waals surface area contributed by atoms with Crippen molar-refractivity contribution in [2.75, 3.05) is 0 Å². The van der Waals surface area contributed by atoms with Crippen LogP contribution in [-0.4, -0.2) is 21.1 Å². The van der Waals surface area contributed by atoms with Crippen molar-refractivity contribution in [2.24, 2.45) is 10.2 Å². The molecule has 0 fully saturated rings. The summed E-state index contributed by atoms with van der Waals surface area (Å²) in [7, 11) is 0. The van der Waals surface area contributed by atoms with Crippen LogP contribution in [-0.2, 0) is 6.42 Å². The Labute approximate surface area is 132 Å². The highest BCUT2D eigenvalue weighted by Crippen LogP contribution is 2.36. The third-order valence-electron chi connectivity index (χ3n) is 3.58. The first kappa shape index (κ1) is 14.8. The minimum atomic E-state index is -0.551. The molecule has 116 valence electrons. The predicted molar refractivity (Wildman–Crippen MR) is 86.3 cm³/mol. The molecule has 0 atom stereocenters. The number of azo groups is 1. The largest absolute Gasteiger partial charge is 0.508 e. The molecule has 0 aliphatic rings. The number of rotatable bonds is 3. The third-order valence-corrected chi connectivity index (χ3v) is 3.58. The van der Waals surface area contributed by atoms with Crippen LogP contribution in [0.1, 0.15) is 22.8 Å². The van der Waals surface area contributed by atoms with Crippen LogP contribution in [0.15, 0.2) is 52.7 Å². The average Bonchev–Trinajstić information content (AvgIpc) is 2.87. The Morgan fingerprint density at radius 2 is 1.87 bits per heavy atom. The smallest absolute Gasteiger partial charge is 0.295 e. The predicted octanol–water partition coefficient (Wildman–Crippen LogP) is 4.07. The van der Waals surface area contributed by atoms with E-state index in [1.807, 2.05) is 25.1 Å². The first-order valence-electron chi connectivity index (χ1n) is 7.17. The van der Waals surface area contributed by atoms with E-state index < -0.39 is 5.91 Å². The Bertz CT molecular complexity index is 895. The molecule has 0 spiro atoms. The molecule has 1 amide bonds. The summed E-state index contributed by atoms with van der Waals surface area (Å²) in [4.78, 5) is 14.8. The number of amides is 1. The molecule has 0 bridgehead atoms. The van der Waals surface area contributed by atoms with Gasteiger partial charge < -0.3 is 15.2 Å². The van der Waals surface area contributed by atoms with Gasteiger partial charge in [-0.15, -0.1) is 10.2 Å². The number of nitrogens with zero attached hydrogens (tertiary/aromatic N) is 2. The minimum Gasteiger partial charge on any atom is -0.508 e. The summed E-state index contributed by atoms with van der Waals surface area (Å²) in [5, 5.41) is 27.5. The van der Waals surface area contributed by atoms with Crippen LogP contribution < -0.4 is 0 Å². The minimum absolute atomic E-state index is 0.0693. The molecule has 0 saturated heterocycles. The molecule has 0 saturated carbocycles. The normalized spacial score (nSPS) is 11.3. The van der Waals surface area contributed by atoms with Crippen LogP contribution in [0.4, 0.5) is 5.69 Å². The number of nitrogens with one attached hydrogen (secondary N) is 1. The van der Waals surface area contributed by atoms with E-state index in [0.29, 0.717) is 10.9 Å². The zero-order valence-electron chi connectivity index (χ0n) is 12.4. The van der Waals surface area contributed by atoms with Gasteiger partial charge in [-0.05, 0) is 48.4 Å². The third kappa shape index (κ3) is 2.91. The van der Waals surface area contributed by atoms with E-state index in [0.717, 1.165) is 17.5 Å². The van der Waals surface area contributed by atoms with Crippen molar-refractivity contribution in [3.63, 3.8) is 0 Å². The number of hydrogen-bond acceptors (Lipinski definition) is 4. The van der Waals surface area contributed by atoms with E-state index >= 15 is 0 Å². The second-order valence-electron chi connectivity index (χ2n) is 5.11. The van der Waals surface area contributed by atoms with Crippen molar-refractivity contribution in [3.05, 3.63) is 53.6 Å². The summed E-state index contributed by atoms with van der Waals surface area (Å²) in [6, 6.07) is 11.4. The highest BCUT2D eigenvalue weighted by atomic mass is 16.3. The number of aromatic amines is 1. The standard InChI is InChI=1S/C17H15N3O3/c1-2-10-3-8-14-13(9-10)15(17(23)18-14)19-20-16(22)11-4-6-12(21)7-5-11/h3-9,18,21,23H,2H2,1H3. The van der Waals surface area contributed by atoms with Gasteiger partial charge in [0, 0.05) is 10.9 Å². The van der Waals surface area contributed by atoms with Gasteiger partial charge in [-0.1, -0.05) is 13.0 Å². The summed E-state index contributed by atoms with van der Waals surface area (Å²) in [5.41, 5.74) is 2.37. The molecule has 3 N–H and O–H groups in total. The molecule has 2 aromatic carbocycles. The number of H-pyrrole nitrogens is 1. The number of phenolic OH excluding ortho intramolecular Hbond substituents is 1. The zero-order valence-corrected chi connectivity index (χ0v) is 12.4. The second kappa shape index (κ2) is 5.92. The van der Waals surface area contributed by atoms with Crippen LogP contribution in [0.3, 0.4) is 0 Å². The maximum atomic E-state index is 12.0. The molecule has 1 aromatic heterocycles. The summed E-state index contributed by atoms with van der Waals surface area (Å²) < 4.78 is 0. The molecule has 1 heterocycles. The Morgan fingerprint density at radius 1 is 1.13 bits per heavy atom. The van der Waals surface area contributed by atoms with Crippen molar-refractivity contribution in [2.45, 2.75) is 13.3 Å². The van der Waals surface area contributed by atoms with Crippen molar-refractivity contribution < 1.29 is 15.0 Å². The molecule has 0 aliphatic heterocycles. The quantitative estimate of drug-likeness (QED) is 0.636. The topological polar surface area (TPSA) is 98.0 Å². The van der Waals surface area contributed by atoms with Gasteiger partial charge in [0.05, 0.1) is 5.52 Å². The maximum Gasteiger partial charge on any atom is 0.295 e. The van der Waals surface area contributed by atoms with Crippen molar-refractivity contribution >= 4 is 22.5 Å². The Morgan fingerprint density at radius 3 is 2.57 bits per heavy atom. The number of phenols is 1. The summed E-state index contributed by atoms with van der Waals surface area (Å²) in [6.07, 6.45) is 0.852. The molecule has 6 heteroatoms. The van der Waals surface area contributed by atoms with Crippen molar-refractivity contribution in [1.82, 2.24) is 4.98 Å². The Balaban J connectivity index is 1.95. The lowest BCUT2D eigenvalue weighted by Crippen LogP contribution is -1.92. The highest BCUT2D eigenvalue weighted by Gasteiger charge is 2.12. The fourth-order valence-corrected chi connectivity index (χ4v) is 2.29. The molecule has 0 radical (unpaired) electrons. The number of aromatic nitrogens is 1. The molecule has 23 heavy (non-hydrogen) atoms. The molecule has 6 nitrogen and oxygen atoms in total. The molecule has 0 unspecified atom stereocenters. The van der Waals surface area contributed by atoms with Gasteiger partial charge in [-0.3, -0.25) is 4.79 Å². The van der Waals surface area contributed by atoms with Gasteiger partial charge in [-0.2, -0.15) is 0 Å². The number of aryl methyl sites for hydroxylation is 1. The number of benzene rings is 2. The first-order valence-corrected chi connectivity index (χ1v) is 7.17. The van der Waals surface area contributed by atoms with E-state index in [4.69, 9.17) is 0 Å². The number of carbonyl (C=O) groups is 1. The van der Waals surface area contributed by atoms with E-state index in [1.54, 1.807) is 0 Å². The van der Waals surface area contributed by atoms with Crippen LogP contribution in [0.25, 0.3) is 10.9 Å². The lowest BCUT2D eigenvalue weighted by Gasteiger charge is -1.97. The lowest BCUT2D eigenvalue weighted by atomic mass is 10.1. The summed E-state index contributed by atoms with van der Waals surface area (Å²) >= 11 is 0. The first-order chi connectivity index (χ1) is 11.1. The summed E-state index contributed by atoms with van der Waals surface area (Å²) in [6.45, 7) is 2.03. The number of aromatic hydroxyl groups is 2. The average molecular weight is 309 g/mol. The van der Waals surface area contributed by atoms with Crippen molar-refractivity contribution in [1.29, 1.82) is 0 Å². The number of hydrogen-bond donors (Lipinski definition) is 3. The lowest BCUT2D eigenvalue weighted by molar-refractivity contribution is 0.0995. The SMILES string of the molecule is CCc1ccc2[nH]c(O)c(N=NC(=O)c3ccc(O)cc3)c2c1. The molecular formula is C17H15N3O3. The number of carbonyl (C=O) groups excluding carboxylic acids is 1. The molecule has 0 aliphatic carbocycles. The van der Waals surface area contributed by atoms with Crippen molar-refractivity contribution in [3.8, 4) is 11.6 Å². The Kier molecular flexibility index (Phi) is 3.80. The van der Waals surface area contributed by atoms with Gasteiger partial charge in [0.25, 0.3) is 5.91 Å². The fourth-order valence-electron chi connectivity index (χ4n) is 2.29. The summed E-state index contributed by atoms with van der Waals surface area (Å²) in [5.74, 6) is -0.610. The molecule has 3 aromatic rings. The van der Waals surface area contributed by atoms with E-state index in [2.05, 4.69) is 15.2 Å². The second-order valence-corrected chi connectivity index (χ2v) is 5.11. The fraction of sp³-hybridized carbons (Fsp3) is 0.118. The Hall–Kier alpha value is -3.15. The molecule has 3 rings (SSSR count). The van der Waals surface area contributed by atoms with Gasteiger partial charge in [0.15, 0.2) is 5.69 Å². The monoisotopic (exact) mass is 309 g/mol. The van der Waals surface area contributed by atoms with Gasteiger partial charge in [0.1, 0.15) is 5.75 Å². The zero-order chi connectivity index (χ0) is 16.4. The van der Waals surface area contributed by atoms with Gasteiger partial charge in [0.2, 0.25) is 5.88 Å². The van der Waals surface area contributed by atoms with E-state index in [1.165, 1.54) is 24.3 Å². The van der Waals surface area contributed by atoms with Crippen LogP contribution in [0.2, 0.25) is 0 Å². The maximum absolute atomic E-state index is 12.0.